The summed E-state index contributed by atoms with van der Waals surface area (Å²) in [5.74, 6) is 0.825. The quantitative estimate of drug-likeness (QED) is 0.917. The third-order valence-corrected chi connectivity index (χ3v) is 3.84. The number of nitriles is 1. The van der Waals surface area contributed by atoms with Crippen molar-refractivity contribution >= 4 is 10.9 Å². The van der Waals surface area contributed by atoms with Crippen molar-refractivity contribution < 1.29 is 4.74 Å². The van der Waals surface area contributed by atoms with Crippen molar-refractivity contribution in [3.63, 3.8) is 0 Å². The van der Waals surface area contributed by atoms with Gasteiger partial charge in [0.1, 0.15) is 11.8 Å². The molecule has 0 amide bonds. The first kappa shape index (κ1) is 12.1. The number of methoxy groups -OCH3 is 1. The van der Waals surface area contributed by atoms with Gasteiger partial charge in [0.15, 0.2) is 0 Å². The lowest BCUT2D eigenvalue weighted by atomic mass is 10.1. The minimum atomic E-state index is -0.164. The number of benzene rings is 1. The van der Waals surface area contributed by atoms with Gasteiger partial charge >= 0.3 is 0 Å². The van der Waals surface area contributed by atoms with E-state index in [2.05, 4.69) is 16.0 Å². The highest BCUT2D eigenvalue weighted by Gasteiger charge is 2.25. The fraction of sp³-hybridized carbons (Fsp3) is 0.400. The summed E-state index contributed by atoms with van der Waals surface area (Å²) in [4.78, 5) is 5.50. The molecule has 0 aliphatic carbocycles. The molecule has 0 spiro atoms. The number of nitrogens with zero attached hydrogens (tertiary/aromatic N) is 2. The Hall–Kier alpha value is -1.99. The van der Waals surface area contributed by atoms with Gasteiger partial charge in [-0.1, -0.05) is 0 Å². The molecule has 1 aromatic carbocycles. The molecule has 1 saturated heterocycles. The Labute approximate surface area is 112 Å². The van der Waals surface area contributed by atoms with E-state index in [1.165, 1.54) is 12.8 Å². The van der Waals surface area contributed by atoms with Gasteiger partial charge in [-0.3, -0.25) is 4.90 Å². The molecule has 1 aliphatic heterocycles. The summed E-state index contributed by atoms with van der Waals surface area (Å²) in [5.41, 5.74) is 2.11. The SMILES string of the molecule is COc1ccc2[nH]cc(C(C#N)N3CCCC3)c2c1. The number of likely N-dealkylation sites (tertiary alicyclic amines) is 1. The van der Waals surface area contributed by atoms with Gasteiger partial charge in [0.25, 0.3) is 0 Å². The van der Waals surface area contributed by atoms with Crippen LogP contribution >= 0.6 is 0 Å². The molecule has 0 radical (unpaired) electrons. The Kier molecular flexibility index (Phi) is 3.14. The number of fused-ring (bicyclic) bond motifs is 1. The van der Waals surface area contributed by atoms with Crippen LogP contribution in [0.3, 0.4) is 0 Å². The van der Waals surface area contributed by atoms with Crippen LogP contribution in [0, 0.1) is 11.3 Å². The molecule has 1 N–H and O–H groups in total. The molecule has 1 aromatic heterocycles. The van der Waals surface area contributed by atoms with Crippen molar-refractivity contribution in [3.05, 3.63) is 30.0 Å². The number of rotatable bonds is 3. The van der Waals surface area contributed by atoms with E-state index in [0.717, 1.165) is 35.3 Å². The van der Waals surface area contributed by atoms with E-state index in [1.807, 2.05) is 24.4 Å². The van der Waals surface area contributed by atoms with Crippen LogP contribution in [-0.2, 0) is 0 Å². The summed E-state index contributed by atoms with van der Waals surface area (Å²) >= 11 is 0. The maximum atomic E-state index is 9.51. The number of aromatic nitrogens is 1. The normalized spacial score (nSPS) is 17.5. The Morgan fingerprint density at radius 2 is 2.16 bits per heavy atom. The van der Waals surface area contributed by atoms with Gasteiger partial charge in [-0.05, 0) is 44.1 Å². The zero-order chi connectivity index (χ0) is 13.2. The standard InChI is InChI=1S/C15H17N3O/c1-19-11-4-5-14-12(8-11)13(10-17-14)15(9-16)18-6-2-3-7-18/h4-5,8,10,15,17H,2-3,6-7H2,1H3. The second-order valence-electron chi connectivity index (χ2n) is 4.93. The Morgan fingerprint density at radius 3 is 2.84 bits per heavy atom. The van der Waals surface area contributed by atoms with Gasteiger partial charge in [-0.15, -0.1) is 0 Å². The summed E-state index contributed by atoms with van der Waals surface area (Å²) in [6.07, 6.45) is 4.32. The highest BCUT2D eigenvalue weighted by atomic mass is 16.5. The first-order valence-electron chi connectivity index (χ1n) is 6.62. The molecule has 2 aromatic rings. The van der Waals surface area contributed by atoms with Crippen molar-refractivity contribution in [2.24, 2.45) is 0 Å². The van der Waals surface area contributed by atoms with E-state index in [0.29, 0.717) is 0 Å². The molecule has 4 heteroatoms. The third-order valence-electron chi connectivity index (χ3n) is 3.84. The van der Waals surface area contributed by atoms with Gasteiger partial charge in [0.2, 0.25) is 0 Å². The fourth-order valence-electron chi connectivity index (χ4n) is 2.82. The molecule has 1 atom stereocenters. The molecule has 2 heterocycles. The lowest BCUT2D eigenvalue weighted by Crippen LogP contribution is -2.24. The Balaban J connectivity index is 2.05. The minimum Gasteiger partial charge on any atom is -0.497 e. The minimum absolute atomic E-state index is 0.164. The highest BCUT2D eigenvalue weighted by molar-refractivity contribution is 5.85. The molecular formula is C15H17N3O. The van der Waals surface area contributed by atoms with Gasteiger partial charge < -0.3 is 9.72 Å². The van der Waals surface area contributed by atoms with Crippen LogP contribution in [0.15, 0.2) is 24.4 Å². The average Bonchev–Trinajstić information content (AvgIpc) is 3.09. The van der Waals surface area contributed by atoms with Crippen molar-refractivity contribution in [2.45, 2.75) is 18.9 Å². The van der Waals surface area contributed by atoms with Crippen molar-refractivity contribution in [1.82, 2.24) is 9.88 Å². The van der Waals surface area contributed by atoms with Gasteiger partial charge in [0.05, 0.1) is 13.2 Å². The van der Waals surface area contributed by atoms with Crippen LogP contribution in [0.25, 0.3) is 10.9 Å². The topological polar surface area (TPSA) is 52.1 Å². The molecular weight excluding hydrogens is 238 g/mol. The average molecular weight is 255 g/mol. The Bertz CT molecular complexity index is 620. The highest BCUT2D eigenvalue weighted by Crippen LogP contribution is 2.32. The monoisotopic (exact) mass is 255 g/mol. The van der Waals surface area contributed by atoms with E-state index in [1.54, 1.807) is 7.11 Å². The summed E-state index contributed by atoms with van der Waals surface area (Å²) in [7, 11) is 1.66. The van der Waals surface area contributed by atoms with Crippen molar-refractivity contribution in [2.75, 3.05) is 20.2 Å². The van der Waals surface area contributed by atoms with Crippen LogP contribution in [0.1, 0.15) is 24.4 Å². The largest absolute Gasteiger partial charge is 0.497 e. The van der Waals surface area contributed by atoms with Crippen molar-refractivity contribution in [3.8, 4) is 11.8 Å². The third kappa shape index (κ3) is 2.06. The molecule has 3 rings (SSSR count). The Morgan fingerprint density at radius 1 is 1.37 bits per heavy atom. The zero-order valence-electron chi connectivity index (χ0n) is 11.0. The molecule has 0 saturated carbocycles. The summed E-state index contributed by atoms with van der Waals surface area (Å²) < 4.78 is 5.28. The van der Waals surface area contributed by atoms with E-state index in [4.69, 9.17) is 4.74 Å². The number of ether oxygens (including phenoxy) is 1. The lowest BCUT2D eigenvalue weighted by molar-refractivity contribution is 0.295. The number of aromatic amines is 1. The predicted molar refractivity (Wildman–Crippen MR) is 74.0 cm³/mol. The summed E-state index contributed by atoms with van der Waals surface area (Å²) in [6, 6.07) is 8.21. The first-order chi connectivity index (χ1) is 9.33. The molecule has 19 heavy (non-hydrogen) atoms. The zero-order valence-corrected chi connectivity index (χ0v) is 11.0. The smallest absolute Gasteiger partial charge is 0.125 e. The lowest BCUT2D eigenvalue weighted by Gasteiger charge is -2.20. The molecule has 98 valence electrons. The molecule has 1 unspecified atom stereocenters. The second kappa shape index (κ2) is 4.94. The number of hydrogen-bond acceptors (Lipinski definition) is 3. The number of hydrogen-bond donors (Lipinski definition) is 1. The van der Waals surface area contributed by atoms with Gasteiger partial charge in [0, 0.05) is 22.7 Å². The van der Waals surface area contributed by atoms with Crippen LogP contribution in [0.5, 0.6) is 5.75 Å². The van der Waals surface area contributed by atoms with Gasteiger partial charge in [-0.25, -0.2) is 0 Å². The maximum absolute atomic E-state index is 9.51. The van der Waals surface area contributed by atoms with Gasteiger partial charge in [-0.2, -0.15) is 5.26 Å². The summed E-state index contributed by atoms with van der Waals surface area (Å²) in [6.45, 7) is 2.02. The van der Waals surface area contributed by atoms with Crippen LogP contribution in [-0.4, -0.2) is 30.1 Å². The molecule has 4 nitrogen and oxygen atoms in total. The molecule has 0 bridgehead atoms. The van der Waals surface area contributed by atoms with Crippen LogP contribution < -0.4 is 4.74 Å². The van der Waals surface area contributed by atoms with E-state index in [9.17, 15) is 5.26 Å². The predicted octanol–water partition coefficient (Wildman–Crippen LogP) is 2.84. The number of nitrogens with one attached hydrogen (secondary N) is 1. The maximum Gasteiger partial charge on any atom is 0.125 e. The molecule has 1 aliphatic rings. The number of H-pyrrole nitrogens is 1. The van der Waals surface area contributed by atoms with Crippen LogP contribution in [0.2, 0.25) is 0 Å². The van der Waals surface area contributed by atoms with Crippen molar-refractivity contribution in [1.29, 1.82) is 5.26 Å². The van der Waals surface area contributed by atoms with E-state index >= 15 is 0 Å². The molecule has 1 fully saturated rings. The first-order valence-corrected chi connectivity index (χ1v) is 6.62. The van der Waals surface area contributed by atoms with E-state index in [-0.39, 0.29) is 6.04 Å². The summed E-state index contributed by atoms with van der Waals surface area (Å²) in [5, 5.41) is 10.6. The second-order valence-corrected chi connectivity index (χ2v) is 4.93. The van der Waals surface area contributed by atoms with Crippen LogP contribution in [0.4, 0.5) is 0 Å². The van der Waals surface area contributed by atoms with E-state index < -0.39 is 0 Å². The fourth-order valence-corrected chi connectivity index (χ4v) is 2.82.